The van der Waals surface area contributed by atoms with Crippen LogP contribution in [-0.2, 0) is 6.42 Å². The number of nitrogens with zero attached hydrogens (tertiary/aromatic N) is 2. The largest absolute Gasteiger partial charge is 0.364 e. The van der Waals surface area contributed by atoms with Gasteiger partial charge in [0.1, 0.15) is 5.69 Å². The minimum absolute atomic E-state index is 0.258. The van der Waals surface area contributed by atoms with Gasteiger partial charge in [0.05, 0.1) is 17.1 Å². The molecule has 3 rings (SSSR count). The Labute approximate surface area is 143 Å². The summed E-state index contributed by atoms with van der Waals surface area (Å²) in [5.74, 6) is 0.124. The first-order chi connectivity index (χ1) is 11.6. The fourth-order valence-corrected chi connectivity index (χ4v) is 3.45. The van der Waals surface area contributed by atoms with Crippen molar-refractivity contribution in [1.82, 2.24) is 9.97 Å². The van der Waals surface area contributed by atoms with E-state index in [0.29, 0.717) is 11.6 Å². The quantitative estimate of drug-likeness (QED) is 0.926. The van der Waals surface area contributed by atoms with Crippen LogP contribution >= 0.6 is 0 Å². The fraction of sp³-hybridized carbons (Fsp3) is 0.400. The fourth-order valence-electron chi connectivity index (χ4n) is 3.45. The molecule has 24 heavy (non-hydrogen) atoms. The molecule has 1 saturated carbocycles. The molecule has 0 saturated heterocycles. The molecule has 2 aromatic rings. The van der Waals surface area contributed by atoms with Crippen molar-refractivity contribution in [2.24, 2.45) is 5.73 Å². The summed E-state index contributed by atoms with van der Waals surface area (Å²) < 4.78 is 0. The highest BCUT2D eigenvalue weighted by atomic mass is 16.1. The van der Waals surface area contributed by atoms with Crippen LogP contribution in [0.15, 0.2) is 24.3 Å². The number of amides is 1. The van der Waals surface area contributed by atoms with Crippen LogP contribution in [0.1, 0.15) is 66.0 Å². The van der Waals surface area contributed by atoms with E-state index in [2.05, 4.69) is 40.7 Å². The zero-order chi connectivity index (χ0) is 17.1. The lowest BCUT2D eigenvalue weighted by Gasteiger charge is -2.22. The zero-order valence-corrected chi connectivity index (χ0v) is 14.4. The molecule has 4 nitrogen and oxygen atoms in total. The number of nitrogens with two attached hydrogens (primary N) is 1. The molecule has 1 aliphatic carbocycles. The first kappa shape index (κ1) is 16.6. The van der Waals surface area contributed by atoms with Gasteiger partial charge in [-0.25, -0.2) is 4.98 Å². The molecule has 1 aromatic carbocycles. The standard InChI is InChI=1S/C20H24N3O/c1-3-17-19(23-18(20(21)24)13(2)22-17)16-11-9-15(10-12-16)14-7-5-4-6-8-14/h4,9-12,14H,3,5-8H2,1-2H3,(H2,21,24). The minimum atomic E-state index is -0.529. The molecule has 0 bridgehead atoms. The van der Waals surface area contributed by atoms with Crippen molar-refractivity contribution in [2.45, 2.75) is 51.9 Å². The maximum Gasteiger partial charge on any atom is 0.269 e. The highest BCUT2D eigenvalue weighted by Gasteiger charge is 2.18. The molecule has 0 aliphatic heterocycles. The summed E-state index contributed by atoms with van der Waals surface area (Å²) in [6, 6.07) is 8.57. The van der Waals surface area contributed by atoms with Crippen molar-refractivity contribution >= 4 is 5.91 Å². The van der Waals surface area contributed by atoms with Crippen LogP contribution in [0.5, 0.6) is 0 Å². The summed E-state index contributed by atoms with van der Waals surface area (Å²) >= 11 is 0. The van der Waals surface area contributed by atoms with Gasteiger partial charge in [-0.15, -0.1) is 0 Å². The number of hydrogen-bond acceptors (Lipinski definition) is 3. The molecule has 1 fully saturated rings. The Balaban J connectivity index is 1.96. The van der Waals surface area contributed by atoms with E-state index in [4.69, 9.17) is 5.73 Å². The second-order valence-electron chi connectivity index (χ2n) is 6.43. The van der Waals surface area contributed by atoms with Gasteiger partial charge in [0, 0.05) is 5.56 Å². The topological polar surface area (TPSA) is 68.9 Å². The summed E-state index contributed by atoms with van der Waals surface area (Å²) in [6.45, 7) is 3.82. The molecule has 1 radical (unpaired) electrons. The van der Waals surface area contributed by atoms with Gasteiger partial charge in [-0.2, -0.15) is 0 Å². The maximum absolute atomic E-state index is 11.6. The molecule has 0 spiro atoms. The minimum Gasteiger partial charge on any atom is -0.364 e. The van der Waals surface area contributed by atoms with Crippen LogP contribution in [0.3, 0.4) is 0 Å². The summed E-state index contributed by atoms with van der Waals surface area (Å²) in [5, 5.41) is 0. The maximum atomic E-state index is 11.6. The van der Waals surface area contributed by atoms with Gasteiger partial charge in [0.25, 0.3) is 5.91 Å². The van der Waals surface area contributed by atoms with E-state index in [-0.39, 0.29) is 5.69 Å². The van der Waals surface area contributed by atoms with Crippen molar-refractivity contribution in [3.05, 3.63) is 53.3 Å². The molecule has 2 N–H and O–H groups in total. The average molecular weight is 322 g/mol. The molecule has 1 heterocycles. The third-order valence-corrected chi connectivity index (χ3v) is 4.80. The summed E-state index contributed by atoms with van der Waals surface area (Å²) in [7, 11) is 0. The Morgan fingerprint density at radius 2 is 1.83 bits per heavy atom. The predicted octanol–water partition coefficient (Wildman–Crippen LogP) is 3.98. The average Bonchev–Trinajstić information content (AvgIpc) is 2.62. The SMILES string of the molecule is CCc1nc(C)c(C(N)=O)nc1-c1ccc(C2CC[CH]CC2)cc1. The molecule has 0 unspecified atom stereocenters. The molecule has 1 aliphatic rings. The highest BCUT2D eigenvalue weighted by Crippen LogP contribution is 2.33. The first-order valence-electron chi connectivity index (χ1n) is 8.69. The van der Waals surface area contributed by atoms with Crippen molar-refractivity contribution in [3.63, 3.8) is 0 Å². The van der Waals surface area contributed by atoms with Crippen LogP contribution in [0.25, 0.3) is 11.3 Å². The van der Waals surface area contributed by atoms with E-state index in [0.717, 1.165) is 23.4 Å². The lowest BCUT2D eigenvalue weighted by Crippen LogP contribution is -2.17. The molecule has 125 valence electrons. The van der Waals surface area contributed by atoms with E-state index in [1.54, 1.807) is 6.92 Å². The Morgan fingerprint density at radius 1 is 1.17 bits per heavy atom. The second kappa shape index (κ2) is 7.12. The zero-order valence-electron chi connectivity index (χ0n) is 14.4. The van der Waals surface area contributed by atoms with E-state index in [1.165, 1.54) is 31.2 Å². The lowest BCUT2D eigenvalue weighted by molar-refractivity contribution is 0.0994. The van der Waals surface area contributed by atoms with Crippen molar-refractivity contribution in [2.75, 3.05) is 0 Å². The Morgan fingerprint density at radius 3 is 2.42 bits per heavy atom. The Kier molecular flexibility index (Phi) is 4.93. The van der Waals surface area contributed by atoms with Gasteiger partial charge < -0.3 is 5.73 Å². The van der Waals surface area contributed by atoms with Crippen LogP contribution in [0.4, 0.5) is 0 Å². The highest BCUT2D eigenvalue weighted by molar-refractivity contribution is 5.92. The van der Waals surface area contributed by atoms with Gasteiger partial charge in [-0.1, -0.05) is 31.2 Å². The predicted molar refractivity (Wildman–Crippen MR) is 95.6 cm³/mol. The van der Waals surface area contributed by atoms with Gasteiger partial charge in [0.2, 0.25) is 0 Å². The van der Waals surface area contributed by atoms with E-state index in [9.17, 15) is 4.79 Å². The van der Waals surface area contributed by atoms with Crippen LogP contribution in [-0.4, -0.2) is 15.9 Å². The van der Waals surface area contributed by atoms with Crippen molar-refractivity contribution in [3.8, 4) is 11.3 Å². The Bertz CT molecular complexity index is 731. The Hall–Kier alpha value is -2.23. The lowest BCUT2D eigenvalue weighted by atomic mass is 9.84. The van der Waals surface area contributed by atoms with E-state index in [1.807, 2.05) is 6.92 Å². The summed E-state index contributed by atoms with van der Waals surface area (Å²) in [4.78, 5) is 20.6. The molecule has 0 atom stereocenters. The number of benzene rings is 1. The normalized spacial score (nSPS) is 15.4. The van der Waals surface area contributed by atoms with Gasteiger partial charge in [0.15, 0.2) is 0 Å². The smallest absolute Gasteiger partial charge is 0.269 e. The van der Waals surface area contributed by atoms with Gasteiger partial charge in [-0.3, -0.25) is 9.78 Å². The molecular formula is C20H24N3O. The molecule has 1 amide bonds. The third kappa shape index (κ3) is 3.32. The summed E-state index contributed by atoms with van der Waals surface area (Å²) in [5.41, 5.74) is 10.3. The van der Waals surface area contributed by atoms with Crippen molar-refractivity contribution < 1.29 is 4.79 Å². The number of carbonyl (C=O) groups is 1. The van der Waals surface area contributed by atoms with Crippen LogP contribution < -0.4 is 5.73 Å². The van der Waals surface area contributed by atoms with E-state index < -0.39 is 5.91 Å². The molecular weight excluding hydrogens is 298 g/mol. The summed E-state index contributed by atoms with van der Waals surface area (Å²) in [6.07, 6.45) is 8.02. The molecule has 1 aromatic heterocycles. The number of primary amides is 1. The van der Waals surface area contributed by atoms with Gasteiger partial charge in [-0.05, 0) is 56.9 Å². The number of carbonyl (C=O) groups excluding carboxylic acids is 1. The number of aryl methyl sites for hydroxylation is 2. The van der Waals surface area contributed by atoms with Crippen molar-refractivity contribution in [1.29, 1.82) is 0 Å². The van der Waals surface area contributed by atoms with Crippen LogP contribution in [0, 0.1) is 13.3 Å². The first-order valence-corrected chi connectivity index (χ1v) is 8.69. The monoisotopic (exact) mass is 322 g/mol. The van der Waals surface area contributed by atoms with Gasteiger partial charge >= 0.3 is 0 Å². The second-order valence-corrected chi connectivity index (χ2v) is 6.43. The number of hydrogen-bond donors (Lipinski definition) is 1. The number of rotatable bonds is 4. The third-order valence-electron chi connectivity index (χ3n) is 4.80. The number of aromatic nitrogens is 2. The van der Waals surface area contributed by atoms with E-state index >= 15 is 0 Å². The van der Waals surface area contributed by atoms with Crippen LogP contribution in [0.2, 0.25) is 0 Å². The molecule has 4 heteroatoms.